The van der Waals surface area contributed by atoms with E-state index < -0.39 is 0 Å². The molecule has 0 heterocycles. The fourth-order valence-corrected chi connectivity index (χ4v) is 2.25. The van der Waals surface area contributed by atoms with Crippen molar-refractivity contribution in [3.05, 3.63) is 29.8 Å². The molecule has 0 radical (unpaired) electrons. The van der Waals surface area contributed by atoms with Crippen molar-refractivity contribution in [1.29, 1.82) is 0 Å². The van der Waals surface area contributed by atoms with Crippen LogP contribution in [0.25, 0.3) is 0 Å². The molecule has 0 aliphatic heterocycles. The minimum atomic E-state index is -0.143. The largest absolute Gasteiger partial charge is 0.336 e. The molecule has 0 saturated carbocycles. The van der Waals surface area contributed by atoms with Gasteiger partial charge in [0.25, 0.3) is 0 Å². The lowest BCUT2D eigenvalue weighted by molar-refractivity contribution is 0.250. The molecule has 0 bridgehead atoms. The van der Waals surface area contributed by atoms with Crippen LogP contribution in [0.4, 0.5) is 10.5 Å². The van der Waals surface area contributed by atoms with Crippen LogP contribution in [0.2, 0.25) is 0 Å². The summed E-state index contributed by atoms with van der Waals surface area (Å²) in [6.07, 6.45) is 3.51. The Kier molecular flexibility index (Phi) is 6.40. The fourth-order valence-electron chi connectivity index (χ4n) is 2.25. The van der Waals surface area contributed by atoms with Crippen LogP contribution in [0.5, 0.6) is 0 Å². The molecule has 0 fully saturated rings. The summed E-state index contributed by atoms with van der Waals surface area (Å²) in [6, 6.07) is 8.18. The Morgan fingerprint density at radius 2 is 2.00 bits per heavy atom. The van der Waals surface area contributed by atoms with E-state index in [1.54, 1.807) is 0 Å². The van der Waals surface area contributed by atoms with Crippen LogP contribution < -0.4 is 10.6 Å². The molecule has 3 nitrogen and oxygen atoms in total. The Balaban J connectivity index is 2.73. The van der Waals surface area contributed by atoms with Gasteiger partial charge in [-0.15, -0.1) is 0 Å². The summed E-state index contributed by atoms with van der Waals surface area (Å²) >= 11 is 0. The summed E-state index contributed by atoms with van der Waals surface area (Å²) in [5.74, 6) is 0.583. The zero-order valence-corrected chi connectivity index (χ0v) is 12.5. The number of benzene rings is 1. The van der Waals surface area contributed by atoms with E-state index in [0.29, 0.717) is 5.92 Å². The predicted octanol–water partition coefficient (Wildman–Crippen LogP) is 4.51. The summed E-state index contributed by atoms with van der Waals surface area (Å²) in [6.45, 7) is 8.32. The van der Waals surface area contributed by atoms with Gasteiger partial charge in [0, 0.05) is 11.7 Å². The summed E-state index contributed by atoms with van der Waals surface area (Å²) in [5, 5.41) is 5.71. The van der Waals surface area contributed by atoms with Gasteiger partial charge in [-0.2, -0.15) is 0 Å². The number of urea groups is 1. The Morgan fingerprint density at radius 1 is 1.26 bits per heavy atom. The van der Waals surface area contributed by atoms with Crippen molar-refractivity contribution < 1.29 is 4.79 Å². The van der Waals surface area contributed by atoms with E-state index in [1.807, 2.05) is 26.0 Å². The number of rotatable bonds is 6. The van der Waals surface area contributed by atoms with E-state index in [9.17, 15) is 4.79 Å². The molecule has 1 aromatic carbocycles. The third-order valence-corrected chi connectivity index (χ3v) is 3.17. The zero-order valence-electron chi connectivity index (χ0n) is 12.5. The van der Waals surface area contributed by atoms with Crippen molar-refractivity contribution in [3.8, 4) is 0 Å². The highest BCUT2D eigenvalue weighted by molar-refractivity contribution is 5.89. The monoisotopic (exact) mass is 262 g/mol. The highest BCUT2D eigenvalue weighted by Gasteiger charge is 2.09. The van der Waals surface area contributed by atoms with Gasteiger partial charge in [0.2, 0.25) is 0 Å². The maximum absolute atomic E-state index is 11.7. The fraction of sp³-hybridized carbons (Fsp3) is 0.562. The molecule has 19 heavy (non-hydrogen) atoms. The lowest BCUT2D eigenvalue weighted by atomic mass is 9.92. The van der Waals surface area contributed by atoms with Gasteiger partial charge in [0.05, 0.1) is 0 Å². The average molecular weight is 262 g/mol. The van der Waals surface area contributed by atoms with Crippen LogP contribution in [-0.4, -0.2) is 12.1 Å². The van der Waals surface area contributed by atoms with E-state index >= 15 is 0 Å². The average Bonchev–Trinajstić information content (AvgIpc) is 2.35. The van der Waals surface area contributed by atoms with Crippen molar-refractivity contribution in [2.24, 2.45) is 0 Å². The molecule has 1 aromatic rings. The Hall–Kier alpha value is -1.51. The second-order valence-electron chi connectivity index (χ2n) is 5.27. The van der Waals surface area contributed by atoms with Gasteiger partial charge in [-0.25, -0.2) is 4.79 Å². The number of nitrogens with one attached hydrogen (secondary N) is 2. The van der Waals surface area contributed by atoms with E-state index in [2.05, 4.69) is 36.6 Å². The Labute approximate surface area is 116 Å². The molecular formula is C16H26N2O. The highest BCUT2D eigenvalue weighted by Crippen LogP contribution is 2.26. The topological polar surface area (TPSA) is 41.1 Å². The lowest BCUT2D eigenvalue weighted by Gasteiger charge is -2.16. The van der Waals surface area contributed by atoms with Crippen LogP contribution in [0, 0.1) is 0 Å². The number of hydrogen-bond donors (Lipinski definition) is 2. The SMILES string of the molecule is CCCC(CC)c1cccc(NC(=O)NC(C)C)c1. The first-order chi connectivity index (χ1) is 9.06. The molecule has 2 amide bonds. The van der Waals surface area contributed by atoms with Crippen molar-refractivity contribution >= 4 is 11.7 Å². The third kappa shape index (κ3) is 5.33. The summed E-state index contributed by atoms with van der Waals surface area (Å²) < 4.78 is 0. The predicted molar refractivity (Wildman–Crippen MR) is 81.7 cm³/mol. The molecule has 0 aliphatic carbocycles. The van der Waals surface area contributed by atoms with Gasteiger partial charge < -0.3 is 10.6 Å². The number of carbonyl (C=O) groups excluding carboxylic acids is 1. The van der Waals surface area contributed by atoms with Crippen molar-refractivity contribution in [1.82, 2.24) is 5.32 Å². The number of anilines is 1. The second-order valence-corrected chi connectivity index (χ2v) is 5.27. The smallest absolute Gasteiger partial charge is 0.319 e. The maximum atomic E-state index is 11.7. The van der Waals surface area contributed by atoms with Gasteiger partial charge in [0.15, 0.2) is 0 Å². The zero-order chi connectivity index (χ0) is 14.3. The third-order valence-electron chi connectivity index (χ3n) is 3.17. The normalized spacial score (nSPS) is 12.3. The molecule has 106 valence electrons. The first-order valence-corrected chi connectivity index (χ1v) is 7.24. The summed E-state index contributed by atoms with van der Waals surface area (Å²) in [7, 11) is 0. The molecule has 0 aliphatic rings. The molecule has 3 heteroatoms. The van der Waals surface area contributed by atoms with Gasteiger partial charge in [-0.05, 0) is 50.3 Å². The lowest BCUT2D eigenvalue weighted by Crippen LogP contribution is -2.34. The highest BCUT2D eigenvalue weighted by atomic mass is 16.2. The van der Waals surface area contributed by atoms with Crippen molar-refractivity contribution in [2.45, 2.75) is 58.9 Å². The first kappa shape index (κ1) is 15.5. The van der Waals surface area contributed by atoms with E-state index in [1.165, 1.54) is 18.4 Å². The minimum Gasteiger partial charge on any atom is -0.336 e. The molecule has 2 N–H and O–H groups in total. The second kappa shape index (κ2) is 7.82. The Bertz CT molecular complexity index is 401. The van der Waals surface area contributed by atoms with Crippen LogP contribution in [0.15, 0.2) is 24.3 Å². The molecule has 0 aromatic heterocycles. The van der Waals surface area contributed by atoms with Gasteiger partial charge in [-0.3, -0.25) is 0 Å². The van der Waals surface area contributed by atoms with Gasteiger partial charge in [0.1, 0.15) is 0 Å². The summed E-state index contributed by atoms with van der Waals surface area (Å²) in [4.78, 5) is 11.7. The molecule has 1 rings (SSSR count). The number of amides is 2. The van der Waals surface area contributed by atoms with Gasteiger partial charge >= 0.3 is 6.03 Å². The number of carbonyl (C=O) groups is 1. The molecular weight excluding hydrogens is 236 g/mol. The van der Waals surface area contributed by atoms with E-state index in [4.69, 9.17) is 0 Å². The molecule has 0 spiro atoms. The number of hydrogen-bond acceptors (Lipinski definition) is 1. The maximum Gasteiger partial charge on any atom is 0.319 e. The molecule has 1 atom stereocenters. The van der Waals surface area contributed by atoms with E-state index in [-0.39, 0.29) is 12.1 Å². The van der Waals surface area contributed by atoms with Crippen LogP contribution >= 0.6 is 0 Å². The molecule has 0 saturated heterocycles. The van der Waals surface area contributed by atoms with Crippen molar-refractivity contribution in [2.75, 3.05) is 5.32 Å². The van der Waals surface area contributed by atoms with Crippen molar-refractivity contribution in [3.63, 3.8) is 0 Å². The summed E-state index contributed by atoms with van der Waals surface area (Å²) in [5.41, 5.74) is 2.18. The standard InChI is InChI=1S/C16H26N2O/c1-5-8-13(6-2)14-9-7-10-15(11-14)18-16(19)17-12(3)4/h7,9-13H,5-6,8H2,1-4H3,(H2,17,18,19). The van der Waals surface area contributed by atoms with Gasteiger partial charge in [-0.1, -0.05) is 32.4 Å². The van der Waals surface area contributed by atoms with Crippen LogP contribution in [-0.2, 0) is 0 Å². The van der Waals surface area contributed by atoms with Crippen LogP contribution in [0.3, 0.4) is 0 Å². The Morgan fingerprint density at radius 3 is 2.58 bits per heavy atom. The quantitative estimate of drug-likeness (QED) is 0.778. The van der Waals surface area contributed by atoms with E-state index in [0.717, 1.165) is 12.1 Å². The molecule has 1 unspecified atom stereocenters. The van der Waals surface area contributed by atoms with Crippen LogP contribution in [0.1, 0.15) is 58.4 Å². The minimum absolute atomic E-state index is 0.143. The first-order valence-electron chi connectivity index (χ1n) is 7.24.